The van der Waals surface area contributed by atoms with E-state index in [1.807, 2.05) is 16.8 Å². The third kappa shape index (κ3) is 3.95. The number of hydrogen-bond acceptors (Lipinski definition) is 3. The van der Waals surface area contributed by atoms with E-state index in [0.717, 1.165) is 17.9 Å². The molecule has 0 fully saturated rings. The van der Waals surface area contributed by atoms with Crippen LogP contribution in [0.2, 0.25) is 10.0 Å². The molecule has 0 saturated heterocycles. The second-order valence-corrected chi connectivity index (χ2v) is 6.14. The summed E-state index contributed by atoms with van der Waals surface area (Å²) >= 11 is 12.0. The fraction of sp³-hybridized carbons (Fsp3) is 0.429. The van der Waals surface area contributed by atoms with Crippen LogP contribution in [0.25, 0.3) is 0 Å². The Labute approximate surface area is 128 Å². The van der Waals surface area contributed by atoms with E-state index >= 15 is 0 Å². The van der Waals surface area contributed by atoms with Crippen molar-refractivity contribution in [3.8, 4) is 0 Å². The maximum absolute atomic E-state index is 6.23. The molecular weight excluding hydrogens is 295 g/mol. The Morgan fingerprint density at radius 3 is 2.45 bits per heavy atom. The fourth-order valence-electron chi connectivity index (χ4n) is 2.05. The number of aromatic nitrogens is 3. The molecule has 1 aromatic heterocycles. The molecule has 0 saturated carbocycles. The smallest absolute Gasteiger partial charge is 0.138 e. The first kappa shape index (κ1) is 15.3. The lowest BCUT2D eigenvalue weighted by Crippen LogP contribution is -2.18. The number of hydrogen-bond donors (Lipinski definition) is 1. The van der Waals surface area contributed by atoms with Crippen LogP contribution in [-0.4, -0.2) is 14.8 Å². The lowest BCUT2D eigenvalue weighted by atomic mass is 10.0. The molecule has 0 bridgehead atoms. The normalized spacial score (nSPS) is 12.9. The Morgan fingerprint density at radius 2 is 1.85 bits per heavy atom. The van der Waals surface area contributed by atoms with Gasteiger partial charge in [0.2, 0.25) is 0 Å². The lowest BCUT2D eigenvalue weighted by Gasteiger charge is -2.14. The van der Waals surface area contributed by atoms with E-state index in [1.54, 1.807) is 12.4 Å². The molecule has 2 rings (SSSR count). The number of benzene rings is 1. The molecule has 0 aliphatic carbocycles. The lowest BCUT2D eigenvalue weighted by molar-refractivity contribution is 0.459. The van der Waals surface area contributed by atoms with Crippen LogP contribution in [0, 0.1) is 5.92 Å². The monoisotopic (exact) mass is 312 g/mol. The largest absolute Gasteiger partial charge is 0.324 e. The molecule has 0 spiro atoms. The topological polar surface area (TPSA) is 56.7 Å². The summed E-state index contributed by atoms with van der Waals surface area (Å²) in [6.07, 6.45) is 2.17. The molecule has 108 valence electrons. The summed E-state index contributed by atoms with van der Waals surface area (Å²) in [5, 5.41) is 5.41. The number of nitrogens with zero attached hydrogens (tertiary/aromatic N) is 3. The summed E-state index contributed by atoms with van der Waals surface area (Å²) in [6, 6.07) is 5.16. The molecule has 0 aliphatic rings. The summed E-state index contributed by atoms with van der Waals surface area (Å²) in [6.45, 7) is 5.11. The number of halogens is 2. The average Bonchev–Trinajstić information content (AvgIpc) is 2.74. The highest BCUT2D eigenvalue weighted by Gasteiger charge is 2.14. The Kier molecular flexibility index (Phi) is 5.02. The molecule has 1 atom stereocenters. The molecule has 20 heavy (non-hydrogen) atoms. The van der Waals surface area contributed by atoms with Crippen molar-refractivity contribution in [1.82, 2.24) is 14.8 Å². The van der Waals surface area contributed by atoms with Gasteiger partial charge in [0.25, 0.3) is 0 Å². The van der Waals surface area contributed by atoms with Crippen LogP contribution in [-0.2, 0) is 13.0 Å². The molecule has 1 unspecified atom stereocenters. The molecule has 6 heteroatoms. The first-order valence-corrected chi connectivity index (χ1v) is 7.29. The summed E-state index contributed by atoms with van der Waals surface area (Å²) in [4.78, 5) is 4.29. The van der Waals surface area contributed by atoms with E-state index < -0.39 is 0 Å². The zero-order valence-corrected chi connectivity index (χ0v) is 13.1. The molecule has 0 radical (unpaired) electrons. The van der Waals surface area contributed by atoms with Crippen molar-refractivity contribution in [3.05, 3.63) is 46.0 Å². The zero-order chi connectivity index (χ0) is 14.7. The fourth-order valence-corrected chi connectivity index (χ4v) is 2.59. The molecule has 1 heterocycles. The van der Waals surface area contributed by atoms with Gasteiger partial charge in [-0.05, 0) is 29.7 Å². The van der Waals surface area contributed by atoms with Crippen molar-refractivity contribution in [2.24, 2.45) is 11.7 Å². The van der Waals surface area contributed by atoms with Crippen LogP contribution in [0.5, 0.6) is 0 Å². The summed E-state index contributed by atoms with van der Waals surface area (Å²) in [5.41, 5.74) is 7.13. The van der Waals surface area contributed by atoms with Crippen LogP contribution in [0.1, 0.15) is 31.3 Å². The highest BCUT2D eigenvalue weighted by molar-refractivity contribution is 6.34. The third-order valence-electron chi connectivity index (χ3n) is 2.95. The van der Waals surface area contributed by atoms with Crippen molar-refractivity contribution in [2.75, 3.05) is 0 Å². The Balaban J connectivity index is 2.15. The van der Waals surface area contributed by atoms with Crippen LogP contribution < -0.4 is 5.73 Å². The second kappa shape index (κ2) is 6.57. The third-order valence-corrected chi connectivity index (χ3v) is 3.39. The first-order chi connectivity index (χ1) is 9.45. The van der Waals surface area contributed by atoms with Gasteiger partial charge < -0.3 is 5.73 Å². The first-order valence-electron chi connectivity index (χ1n) is 6.54. The zero-order valence-electron chi connectivity index (χ0n) is 11.6. The van der Waals surface area contributed by atoms with Gasteiger partial charge in [0.1, 0.15) is 12.2 Å². The maximum Gasteiger partial charge on any atom is 0.138 e. The van der Waals surface area contributed by atoms with Crippen LogP contribution in [0.15, 0.2) is 24.5 Å². The molecule has 2 N–H and O–H groups in total. The van der Waals surface area contributed by atoms with Crippen LogP contribution >= 0.6 is 23.2 Å². The predicted molar refractivity (Wildman–Crippen MR) is 82.0 cm³/mol. The SMILES string of the molecule is CC(C)Cn1ncnc1CC(N)c1cc(Cl)cc(Cl)c1. The van der Waals surface area contributed by atoms with Gasteiger partial charge in [-0.25, -0.2) is 9.67 Å². The molecule has 4 nitrogen and oxygen atoms in total. The van der Waals surface area contributed by atoms with Crippen LogP contribution in [0.4, 0.5) is 0 Å². The Bertz CT molecular complexity index is 560. The predicted octanol–water partition coefficient (Wildman–Crippen LogP) is 3.48. The van der Waals surface area contributed by atoms with Crippen LogP contribution in [0.3, 0.4) is 0 Å². The van der Waals surface area contributed by atoms with Crippen molar-refractivity contribution >= 4 is 23.2 Å². The van der Waals surface area contributed by atoms with Crippen molar-refractivity contribution in [2.45, 2.75) is 32.9 Å². The minimum atomic E-state index is -0.207. The highest BCUT2D eigenvalue weighted by atomic mass is 35.5. The van der Waals surface area contributed by atoms with E-state index in [1.165, 1.54) is 0 Å². The van der Waals surface area contributed by atoms with E-state index in [0.29, 0.717) is 22.4 Å². The van der Waals surface area contributed by atoms with E-state index in [-0.39, 0.29) is 6.04 Å². The van der Waals surface area contributed by atoms with Gasteiger partial charge in [-0.1, -0.05) is 37.0 Å². The van der Waals surface area contributed by atoms with E-state index in [9.17, 15) is 0 Å². The van der Waals surface area contributed by atoms with Crippen molar-refractivity contribution in [3.63, 3.8) is 0 Å². The number of nitrogens with two attached hydrogens (primary N) is 1. The highest BCUT2D eigenvalue weighted by Crippen LogP contribution is 2.24. The van der Waals surface area contributed by atoms with Gasteiger partial charge in [0, 0.05) is 29.1 Å². The van der Waals surface area contributed by atoms with E-state index in [4.69, 9.17) is 28.9 Å². The summed E-state index contributed by atoms with van der Waals surface area (Å²) in [7, 11) is 0. The molecule has 0 aliphatic heterocycles. The van der Waals surface area contributed by atoms with Gasteiger partial charge in [-0.15, -0.1) is 0 Å². The van der Waals surface area contributed by atoms with Gasteiger partial charge in [-0.3, -0.25) is 0 Å². The van der Waals surface area contributed by atoms with Gasteiger partial charge >= 0.3 is 0 Å². The van der Waals surface area contributed by atoms with Gasteiger partial charge in [0.05, 0.1) is 0 Å². The quantitative estimate of drug-likeness (QED) is 0.919. The second-order valence-electron chi connectivity index (χ2n) is 5.27. The minimum Gasteiger partial charge on any atom is -0.324 e. The van der Waals surface area contributed by atoms with Gasteiger partial charge in [-0.2, -0.15) is 5.10 Å². The number of rotatable bonds is 5. The Hall–Kier alpha value is -1.10. The minimum absolute atomic E-state index is 0.207. The average molecular weight is 313 g/mol. The van der Waals surface area contributed by atoms with E-state index in [2.05, 4.69) is 23.9 Å². The summed E-state index contributed by atoms with van der Waals surface area (Å²) in [5.74, 6) is 1.38. The van der Waals surface area contributed by atoms with Crippen molar-refractivity contribution in [1.29, 1.82) is 0 Å². The Morgan fingerprint density at radius 1 is 1.20 bits per heavy atom. The standard InChI is InChI=1S/C14H18Cl2N4/c1-9(2)7-20-14(18-8-19-20)6-13(17)10-3-11(15)5-12(16)4-10/h3-5,8-9,13H,6-7,17H2,1-2H3. The molecule has 1 aromatic carbocycles. The van der Waals surface area contributed by atoms with Crippen molar-refractivity contribution < 1.29 is 0 Å². The molecule has 0 amide bonds. The summed E-state index contributed by atoms with van der Waals surface area (Å²) < 4.78 is 1.90. The molecular formula is C14H18Cl2N4. The maximum atomic E-state index is 6.23. The molecule has 2 aromatic rings. The van der Waals surface area contributed by atoms with Gasteiger partial charge in [0.15, 0.2) is 0 Å².